The van der Waals surface area contributed by atoms with Crippen LogP contribution in [-0.2, 0) is 29.1 Å². The Morgan fingerprint density at radius 2 is 0.975 bits per heavy atom. The number of hydrogen-bond donors (Lipinski definition) is 0. The maximum absolute atomic E-state index is 11.8. The maximum atomic E-state index is 11.8. The molecule has 0 amide bonds. The molecule has 0 saturated heterocycles. The highest BCUT2D eigenvalue weighted by Crippen LogP contribution is 2.28. The van der Waals surface area contributed by atoms with Crippen molar-refractivity contribution >= 4 is 31.0 Å². The molecule has 4 heterocycles. The minimum atomic E-state index is -3.21. The molecule has 0 spiro atoms. The van der Waals surface area contributed by atoms with E-state index in [2.05, 4.69) is 9.97 Å². The van der Waals surface area contributed by atoms with E-state index in [4.69, 9.17) is 9.47 Å². The smallest absolute Gasteiger partial charge is 0.152 e. The van der Waals surface area contributed by atoms with Crippen LogP contribution >= 0.6 is 0 Å². The van der Waals surface area contributed by atoms with Crippen molar-refractivity contribution in [1.82, 2.24) is 18.8 Å². The third-order valence-electron chi connectivity index (χ3n) is 6.39. The first kappa shape index (κ1) is 31.7. The SMILES string of the molecule is CC(C)O[C@@H](c1cn2ccccc2n1)[C@H](C)S(C)(=O)=O.CC(C)O[C@H](c1cn2ccccc2n1)[C@@H](C)S(C)(=O)=O. The van der Waals surface area contributed by atoms with E-state index in [9.17, 15) is 16.8 Å². The Kier molecular flexibility index (Phi) is 10.2. The van der Waals surface area contributed by atoms with Crippen LogP contribution in [0.3, 0.4) is 0 Å². The predicted octanol–water partition coefficient (Wildman–Crippen LogP) is 4.47. The normalized spacial score (nSPS) is 15.7. The Morgan fingerprint density at radius 3 is 1.25 bits per heavy atom. The Balaban J connectivity index is 0.000000220. The van der Waals surface area contributed by atoms with E-state index in [1.54, 1.807) is 13.8 Å². The molecule has 0 aliphatic carbocycles. The van der Waals surface area contributed by atoms with Crippen molar-refractivity contribution in [2.75, 3.05) is 12.5 Å². The molecule has 0 aliphatic heterocycles. The van der Waals surface area contributed by atoms with Crippen LogP contribution in [0.4, 0.5) is 0 Å². The van der Waals surface area contributed by atoms with Crippen molar-refractivity contribution in [2.45, 2.75) is 76.5 Å². The van der Waals surface area contributed by atoms with E-state index in [0.717, 1.165) is 11.3 Å². The first-order valence-corrected chi connectivity index (χ1v) is 17.0. The molecule has 0 N–H and O–H groups in total. The molecule has 12 heteroatoms. The molecule has 0 bridgehead atoms. The Morgan fingerprint density at radius 1 is 0.625 bits per heavy atom. The number of imidazole rings is 2. The maximum Gasteiger partial charge on any atom is 0.152 e. The highest BCUT2D eigenvalue weighted by atomic mass is 32.2. The zero-order valence-electron chi connectivity index (χ0n) is 24.3. The van der Waals surface area contributed by atoms with E-state index in [1.165, 1.54) is 12.5 Å². The van der Waals surface area contributed by atoms with Crippen LogP contribution in [0.2, 0.25) is 0 Å². The molecule has 0 radical (unpaired) electrons. The quantitative estimate of drug-likeness (QED) is 0.265. The van der Waals surface area contributed by atoms with Crippen LogP contribution in [-0.4, -0.2) is 70.8 Å². The van der Waals surface area contributed by atoms with Crippen LogP contribution in [0.25, 0.3) is 11.3 Å². The Labute approximate surface area is 237 Å². The number of fused-ring (bicyclic) bond motifs is 2. The summed E-state index contributed by atoms with van der Waals surface area (Å²) in [6, 6.07) is 11.3. The third kappa shape index (κ3) is 8.12. The molecule has 0 fully saturated rings. The Hall–Kier alpha value is -2.80. The summed E-state index contributed by atoms with van der Waals surface area (Å²) in [6.45, 7) is 10.9. The summed E-state index contributed by atoms with van der Waals surface area (Å²) in [6.07, 6.45) is 8.58. The van der Waals surface area contributed by atoms with Gasteiger partial charge in [0.1, 0.15) is 23.5 Å². The van der Waals surface area contributed by atoms with Gasteiger partial charge in [0, 0.05) is 37.3 Å². The van der Waals surface area contributed by atoms with Crippen molar-refractivity contribution < 1.29 is 26.3 Å². The summed E-state index contributed by atoms with van der Waals surface area (Å²) >= 11 is 0. The average Bonchev–Trinajstić information content (AvgIpc) is 3.48. The van der Waals surface area contributed by atoms with Gasteiger partial charge < -0.3 is 18.3 Å². The van der Waals surface area contributed by atoms with Crippen molar-refractivity contribution in [3.63, 3.8) is 0 Å². The molecule has 4 atom stereocenters. The van der Waals surface area contributed by atoms with Crippen LogP contribution < -0.4 is 0 Å². The van der Waals surface area contributed by atoms with E-state index < -0.39 is 42.4 Å². The molecule has 0 aromatic carbocycles. The van der Waals surface area contributed by atoms with E-state index in [-0.39, 0.29) is 12.2 Å². The summed E-state index contributed by atoms with van der Waals surface area (Å²) < 4.78 is 62.6. The summed E-state index contributed by atoms with van der Waals surface area (Å²) in [5.74, 6) is 0. The van der Waals surface area contributed by atoms with Gasteiger partial charge in [0.2, 0.25) is 0 Å². The number of ether oxygens (including phenoxy) is 2. The molecule has 40 heavy (non-hydrogen) atoms. The molecule has 0 saturated carbocycles. The topological polar surface area (TPSA) is 121 Å². The molecular weight excluding hydrogens is 552 g/mol. The molecule has 4 aromatic heterocycles. The van der Waals surface area contributed by atoms with Gasteiger partial charge in [-0.25, -0.2) is 26.8 Å². The van der Waals surface area contributed by atoms with Gasteiger partial charge in [0.15, 0.2) is 19.7 Å². The zero-order chi connectivity index (χ0) is 29.8. The summed E-state index contributed by atoms with van der Waals surface area (Å²) in [5, 5.41) is -1.29. The molecule has 4 rings (SSSR count). The third-order valence-corrected chi connectivity index (χ3v) is 9.58. The van der Waals surface area contributed by atoms with Gasteiger partial charge in [-0.05, 0) is 65.8 Å². The predicted molar refractivity (Wildman–Crippen MR) is 157 cm³/mol. The van der Waals surface area contributed by atoms with Crippen molar-refractivity contribution in [3.05, 3.63) is 72.6 Å². The standard InChI is InChI=1S/2C14H20N2O3S/c2*1-10(2)19-14(11(3)20(4,17)18)12-9-16-8-6-5-7-13(16)15-12/h2*5-11,14H,1-4H3/t2*11-,14+/m10/s1. The number of pyridine rings is 2. The summed E-state index contributed by atoms with van der Waals surface area (Å²) in [7, 11) is -6.42. The van der Waals surface area contributed by atoms with Crippen LogP contribution in [0, 0.1) is 0 Å². The van der Waals surface area contributed by atoms with E-state index in [0.29, 0.717) is 11.4 Å². The molecular formula is C28H40N4O6S2. The fourth-order valence-electron chi connectivity index (χ4n) is 4.06. The van der Waals surface area contributed by atoms with Crippen molar-refractivity contribution in [3.8, 4) is 0 Å². The van der Waals surface area contributed by atoms with E-state index >= 15 is 0 Å². The fourth-order valence-corrected chi connectivity index (χ4v) is 5.37. The van der Waals surface area contributed by atoms with Gasteiger partial charge >= 0.3 is 0 Å². The minimum Gasteiger partial charge on any atom is -0.368 e. The number of hydrogen-bond acceptors (Lipinski definition) is 8. The zero-order valence-corrected chi connectivity index (χ0v) is 25.9. The lowest BCUT2D eigenvalue weighted by Gasteiger charge is -2.23. The molecule has 0 aliphatic rings. The van der Waals surface area contributed by atoms with Gasteiger partial charge in [-0.1, -0.05) is 12.1 Å². The lowest BCUT2D eigenvalue weighted by Crippen LogP contribution is -2.28. The second kappa shape index (κ2) is 12.8. The number of sulfone groups is 2. The second-order valence-electron chi connectivity index (χ2n) is 10.5. The van der Waals surface area contributed by atoms with Crippen LogP contribution in [0.15, 0.2) is 61.2 Å². The van der Waals surface area contributed by atoms with Gasteiger partial charge in [0.25, 0.3) is 0 Å². The van der Waals surface area contributed by atoms with Gasteiger partial charge in [-0.15, -0.1) is 0 Å². The van der Waals surface area contributed by atoms with Gasteiger partial charge in [-0.3, -0.25) is 0 Å². The largest absolute Gasteiger partial charge is 0.368 e. The first-order valence-electron chi connectivity index (χ1n) is 13.1. The van der Waals surface area contributed by atoms with E-state index in [1.807, 2.05) is 97.7 Å². The van der Waals surface area contributed by atoms with Crippen molar-refractivity contribution in [1.29, 1.82) is 0 Å². The summed E-state index contributed by atoms with van der Waals surface area (Å²) in [4.78, 5) is 8.95. The lowest BCUT2D eigenvalue weighted by molar-refractivity contribution is 0.00423. The number of rotatable bonds is 10. The van der Waals surface area contributed by atoms with Gasteiger partial charge in [0.05, 0.1) is 34.1 Å². The lowest BCUT2D eigenvalue weighted by atomic mass is 10.2. The van der Waals surface area contributed by atoms with Crippen molar-refractivity contribution in [2.24, 2.45) is 0 Å². The molecule has 4 aromatic rings. The number of aromatic nitrogens is 4. The van der Waals surface area contributed by atoms with Crippen LogP contribution in [0.1, 0.15) is 65.1 Å². The monoisotopic (exact) mass is 592 g/mol. The molecule has 10 nitrogen and oxygen atoms in total. The molecule has 0 unspecified atom stereocenters. The van der Waals surface area contributed by atoms with Gasteiger partial charge in [-0.2, -0.15) is 0 Å². The number of nitrogens with zero attached hydrogens (tertiary/aromatic N) is 4. The molecule has 220 valence electrons. The summed E-state index contributed by atoms with van der Waals surface area (Å²) in [5.41, 5.74) is 2.84. The highest BCUT2D eigenvalue weighted by molar-refractivity contribution is 7.91. The average molecular weight is 593 g/mol. The highest BCUT2D eigenvalue weighted by Gasteiger charge is 2.32. The van der Waals surface area contributed by atoms with Crippen LogP contribution in [0.5, 0.6) is 0 Å². The fraction of sp³-hybridized carbons (Fsp3) is 0.500. The Bertz CT molecular complexity index is 1440. The minimum absolute atomic E-state index is 0.0750. The first-order chi connectivity index (χ1) is 18.6. The second-order valence-corrected chi connectivity index (χ2v) is 15.3.